The van der Waals surface area contributed by atoms with Crippen molar-refractivity contribution < 1.29 is 14.3 Å². The molecule has 1 aliphatic heterocycles. The van der Waals surface area contributed by atoms with Gasteiger partial charge in [-0.25, -0.2) is 4.79 Å². The molecule has 7 heteroatoms. The van der Waals surface area contributed by atoms with Crippen LogP contribution in [0, 0.1) is 0 Å². The molecule has 36 heavy (non-hydrogen) atoms. The van der Waals surface area contributed by atoms with Gasteiger partial charge in [0.15, 0.2) is 0 Å². The van der Waals surface area contributed by atoms with Gasteiger partial charge in [0.1, 0.15) is 5.60 Å². The summed E-state index contributed by atoms with van der Waals surface area (Å²) in [5, 5.41) is 1.28. The molecule has 1 aliphatic rings. The number of aryl methyl sites for hydroxylation is 2. The number of amides is 1. The van der Waals surface area contributed by atoms with Crippen molar-refractivity contribution in [3.8, 4) is 0 Å². The minimum atomic E-state index is -0.488. The van der Waals surface area contributed by atoms with E-state index in [2.05, 4.69) is 40.4 Å². The number of hydrogen-bond donors (Lipinski definition) is 2. The number of likely N-dealkylation sites (tertiary alicyclic amines) is 1. The highest BCUT2D eigenvalue weighted by molar-refractivity contribution is 5.86. The van der Waals surface area contributed by atoms with Crippen LogP contribution in [-0.4, -0.2) is 52.3 Å². The van der Waals surface area contributed by atoms with Crippen molar-refractivity contribution in [1.82, 2.24) is 14.9 Å². The quantitative estimate of drug-likeness (QED) is 0.408. The minimum absolute atomic E-state index is 0.0667. The molecule has 1 fully saturated rings. The van der Waals surface area contributed by atoms with E-state index in [1.165, 1.54) is 27.6 Å². The number of nitrogens with one attached hydrogen (secondary N) is 1. The van der Waals surface area contributed by atoms with Gasteiger partial charge >= 0.3 is 6.09 Å². The lowest BCUT2D eigenvalue weighted by atomic mass is 10.0. The van der Waals surface area contributed by atoms with E-state index >= 15 is 0 Å². The number of carbonyl (C=O) groups is 1. The van der Waals surface area contributed by atoms with Gasteiger partial charge in [0.05, 0.1) is 19.3 Å². The molecule has 0 aliphatic carbocycles. The fourth-order valence-electron chi connectivity index (χ4n) is 4.97. The van der Waals surface area contributed by atoms with E-state index in [-0.39, 0.29) is 12.1 Å². The summed E-state index contributed by atoms with van der Waals surface area (Å²) in [5.41, 5.74) is 11.4. The second-order valence-electron chi connectivity index (χ2n) is 10.7. The zero-order valence-corrected chi connectivity index (χ0v) is 21.9. The molecule has 194 valence electrons. The van der Waals surface area contributed by atoms with Crippen LogP contribution in [0.3, 0.4) is 0 Å². The molecule has 1 aromatic carbocycles. The van der Waals surface area contributed by atoms with E-state index in [9.17, 15) is 4.79 Å². The highest BCUT2D eigenvalue weighted by atomic mass is 16.6. The number of carbonyl (C=O) groups excluding carboxylic acids is 1. The maximum Gasteiger partial charge on any atom is 0.410 e. The highest BCUT2D eigenvalue weighted by Gasteiger charge is 2.32. The van der Waals surface area contributed by atoms with Crippen LogP contribution in [0.5, 0.6) is 0 Å². The number of fused-ring (bicyclic) bond motifs is 1. The Labute approximate surface area is 214 Å². The van der Waals surface area contributed by atoms with Gasteiger partial charge in [-0.15, -0.1) is 0 Å². The second-order valence-corrected chi connectivity index (χ2v) is 10.7. The number of aromatic nitrogens is 2. The Balaban J connectivity index is 1.26. The summed E-state index contributed by atoms with van der Waals surface area (Å²) in [4.78, 5) is 22.2. The van der Waals surface area contributed by atoms with E-state index in [4.69, 9.17) is 15.2 Å². The summed E-state index contributed by atoms with van der Waals surface area (Å²) in [6, 6.07) is 8.77. The first-order chi connectivity index (χ1) is 17.3. The molecule has 2 aromatic heterocycles. The Kier molecular flexibility index (Phi) is 8.64. The first-order valence-corrected chi connectivity index (χ1v) is 13.1. The molecule has 1 atom stereocenters. The average molecular weight is 493 g/mol. The first kappa shape index (κ1) is 26.2. The lowest BCUT2D eigenvalue weighted by Crippen LogP contribution is -2.41. The number of ether oxygens (including phenoxy) is 2. The monoisotopic (exact) mass is 492 g/mol. The molecule has 0 radical (unpaired) electrons. The summed E-state index contributed by atoms with van der Waals surface area (Å²) in [7, 11) is 0. The third-order valence-electron chi connectivity index (χ3n) is 6.65. The summed E-state index contributed by atoms with van der Waals surface area (Å²) in [5.74, 6) is 0. The van der Waals surface area contributed by atoms with Crippen LogP contribution in [0.25, 0.3) is 10.9 Å². The third kappa shape index (κ3) is 6.86. The Morgan fingerprint density at radius 2 is 2.00 bits per heavy atom. The number of H-pyrrole nitrogens is 1. The molecular weight excluding hydrogens is 452 g/mol. The fourth-order valence-corrected chi connectivity index (χ4v) is 4.97. The first-order valence-electron chi connectivity index (χ1n) is 13.1. The van der Waals surface area contributed by atoms with Crippen molar-refractivity contribution in [2.24, 2.45) is 5.73 Å². The van der Waals surface area contributed by atoms with Crippen molar-refractivity contribution in [2.75, 3.05) is 19.7 Å². The van der Waals surface area contributed by atoms with Crippen LogP contribution in [0.15, 0.2) is 42.9 Å². The standard InChI is InChI=1S/C29H40N4O3/c1-29(2,3)36-28(34)33-14-6-10-25(33)20-35-19-22-15-21(16-31-17-22)7-4-8-23-9-5-11-26-24(12-13-30)18-32-27(23)26/h5,9,11,15-18,25,32H,4,6-8,10,12-14,19-20,30H2,1-3H3/t25-/m0/s1. The topological polar surface area (TPSA) is 93.5 Å². The van der Waals surface area contributed by atoms with Crippen LogP contribution in [0.4, 0.5) is 4.79 Å². The van der Waals surface area contributed by atoms with Gasteiger partial charge in [-0.2, -0.15) is 0 Å². The molecule has 4 rings (SSSR count). The number of pyridine rings is 1. The van der Waals surface area contributed by atoms with E-state index in [0.29, 0.717) is 19.8 Å². The molecular formula is C29H40N4O3. The Bertz CT molecular complexity index is 1150. The van der Waals surface area contributed by atoms with E-state index in [1.54, 1.807) is 0 Å². The van der Waals surface area contributed by atoms with Gasteiger partial charge in [0.25, 0.3) is 0 Å². The van der Waals surface area contributed by atoms with Crippen LogP contribution in [0.2, 0.25) is 0 Å². The Hall–Kier alpha value is -2.90. The summed E-state index contributed by atoms with van der Waals surface area (Å²) in [6.07, 6.45) is 11.5. The molecule has 3 aromatic rings. The van der Waals surface area contributed by atoms with Crippen LogP contribution >= 0.6 is 0 Å². The van der Waals surface area contributed by atoms with Crippen molar-refractivity contribution in [1.29, 1.82) is 0 Å². The largest absolute Gasteiger partial charge is 0.444 e. The zero-order chi connectivity index (χ0) is 25.5. The van der Waals surface area contributed by atoms with E-state index in [1.807, 2.05) is 38.1 Å². The highest BCUT2D eigenvalue weighted by Crippen LogP contribution is 2.24. The number of nitrogens with two attached hydrogens (primary N) is 1. The molecule has 3 heterocycles. The molecule has 1 saturated heterocycles. The molecule has 1 amide bonds. The smallest absolute Gasteiger partial charge is 0.410 e. The lowest BCUT2D eigenvalue weighted by Gasteiger charge is -2.28. The van der Waals surface area contributed by atoms with Gasteiger partial charge in [-0.3, -0.25) is 4.98 Å². The second kappa shape index (κ2) is 11.9. The molecule has 7 nitrogen and oxygen atoms in total. The maximum atomic E-state index is 12.5. The normalized spacial score (nSPS) is 16.1. The van der Waals surface area contributed by atoms with Crippen molar-refractivity contribution in [3.05, 3.63) is 65.1 Å². The van der Waals surface area contributed by atoms with Gasteiger partial charge in [0, 0.05) is 36.0 Å². The maximum absolute atomic E-state index is 12.5. The van der Waals surface area contributed by atoms with E-state index < -0.39 is 5.60 Å². The van der Waals surface area contributed by atoms with Gasteiger partial charge in [0.2, 0.25) is 0 Å². The molecule has 0 unspecified atom stereocenters. The summed E-state index contributed by atoms with van der Waals surface area (Å²) in [6.45, 7) is 8.07. The minimum Gasteiger partial charge on any atom is -0.444 e. The number of hydrogen-bond acceptors (Lipinski definition) is 5. The van der Waals surface area contributed by atoms with Gasteiger partial charge < -0.3 is 25.1 Å². The number of benzene rings is 1. The van der Waals surface area contributed by atoms with Crippen molar-refractivity contribution >= 4 is 17.0 Å². The van der Waals surface area contributed by atoms with Crippen molar-refractivity contribution in [3.63, 3.8) is 0 Å². The number of rotatable bonds is 10. The van der Waals surface area contributed by atoms with Crippen LogP contribution in [-0.2, 0) is 35.3 Å². The SMILES string of the molecule is CC(C)(C)OC(=O)N1CCC[C@H]1COCc1cncc(CCCc2cccc3c(CCN)c[nH]c23)c1. The third-order valence-corrected chi connectivity index (χ3v) is 6.65. The molecule has 0 bridgehead atoms. The average Bonchev–Trinajstić information content (AvgIpc) is 3.47. The van der Waals surface area contributed by atoms with Crippen molar-refractivity contribution in [2.45, 2.75) is 77.5 Å². The zero-order valence-electron chi connectivity index (χ0n) is 21.9. The lowest BCUT2D eigenvalue weighted by molar-refractivity contribution is 0.00880. The van der Waals surface area contributed by atoms with Gasteiger partial charge in [-0.05, 0) is 88.1 Å². The predicted octanol–water partition coefficient (Wildman–Crippen LogP) is 5.16. The number of para-hydroxylation sites is 1. The Morgan fingerprint density at radius 3 is 2.81 bits per heavy atom. The Morgan fingerprint density at radius 1 is 1.17 bits per heavy atom. The van der Waals surface area contributed by atoms with Crippen LogP contribution < -0.4 is 5.73 Å². The number of nitrogens with zero attached hydrogens (tertiary/aromatic N) is 2. The van der Waals surface area contributed by atoms with Gasteiger partial charge in [-0.1, -0.05) is 24.3 Å². The summed E-state index contributed by atoms with van der Waals surface area (Å²) >= 11 is 0. The molecule has 0 saturated carbocycles. The molecule has 3 N–H and O–H groups in total. The van der Waals surface area contributed by atoms with Crippen LogP contribution in [0.1, 0.15) is 62.3 Å². The fraction of sp³-hybridized carbons (Fsp3) is 0.517. The summed E-state index contributed by atoms with van der Waals surface area (Å²) < 4.78 is 11.6. The predicted molar refractivity (Wildman–Crippen MR) is 143 cm³/mol. The number of aromatic amines is 1. The molecule has 0 spiro atoms. The van der Waals surface area contributed by atoms with E-state index in [0.717, 1.165) is 50.6 Å².